The van der Waals surface area contributed by atoms with Crippen molar-refractivity contribution in [2.45, 2.75) is 27.2 Å². The Labute approximate surface area is 172 Å². The van der Waals surface area contributed by atoms with Crippen molar-refractivity contribution in [2.75, 3.05) is 38.7 Å². The van der Waals surface area contributed by atoms with Gasteiger partial charge in [-0.2, -0.15) is 0 Å². The number of carbonyl (C=O) groups is 1. The van der Waals surface area contributed by atoms with E-state index in [1.54, 1.807) is 7.05 Å². The number of hydrogen-bond donors (Lipinski definition) is 3. The maximum atomic E-state index is 11.9. The number of rotatable bonds is 5. The second-order valence-corrected chi connectivity index (χ2v) is 6.50. The number of fused-ring (bicyclic) bond motifs is 1. The molecule has 0 radical (unpaired) electrons. The van der Waals surface area contributed by atoms with E-state index in [1.165, 1.54) is 0 Å². The molecule has 0 saturated heterocycles. The second-order valence-electron chi connectivity index (χ2n) is 6.50. The molecule has 7 nitrogen and oxygen atoms in total. The lowest BCUT2D eigenvalue weighted by Gasteiger charge is -2.21. The van der Waals surface area contributed by atoms with Crippen LogP contribution in [0.25, 0.3) is 0 Å². The topological polar surface area (TPSA) is 84.0 Å². The van der Waals surface area contributed by atoms with E-state index in [0.717, 1.165) is 30.2 Å². The van der Waals surface area contributed by atoms with E-state index in [1.807, 2.05) is 39.0 Å². The average molecular weight is 476 g/mol. The fraction of sp³-hybridized carbons (Fsp3) is 0.556. The van der Waals surface area contributed by atoms with E-state index in [0.29, 0.717) is 25.7 Å². The van der Waals surface area contributed by atoms with Gasteiger partial charge in [0.2, 0.25) is 5.91 Å². The first kappa shape index (κ1) is 22.3. The second kappa shape index (κ2) is 10.4. The van der Waals surface area contributed by atoms with Gasteiger partial charge in [-0.25, -0.2) is 0 Å². The molecule has 1 aliphatic rings. The molecule has 0 fully saturated rings. The van der Waals surface area contributed by atoms with E-state index >= 15 is 0 Å². The Kier molecular flexibility index (Phi) is 8.97. The zero-order chi connectivity index (χ0) is 18.3. The normalized spacial score (nSPS) is 13.9. The Hall–Kier alpha value is -1.71. The van der Waals surface area contributed by atoms with Crippen LogP contribution in [-0.4, -0.2) is 45.2 Å². The summed E-state index contributed by atoms with van der Waals surface area (Å²) in [6, 6.07) is 5.71. The van der Waals surface area contributed by atoms with E-state index in [4.69, 9.17) is 9.47 Å². The molecule has 1 amide bonds. The first-order valence-electron chi connectivity index (χ1n) is 8.63. The van der Waals surface area contributed by atoms with Gasteiger partial charge in [0.25, 0.3) is 0 Å². The number of guanidine groups is 1. The number of anilines is 1. The smallest absolute Gasteiger partial charge is 0.227 e. The van der Waals surface area contributed by atoms with E-state index < -0.39 is 5.41 Å². The van der Waals surface area contributed by atoms with Crippen molar-refractivity contribution in [3.05, 3.63) is 18.2 Å². The molecular weight excluding hydrogens is 447 g/mol. The Balaban J connectivity index is 0.00000338. The van der Waals surface area contributed by atoms with Gasteiger partial charge < -0.3 is 25.4 Å². The van der Waals surface area contributed by atoms with Crippen LogP contribution in [0.2, 0.25) is 0 Å². The van der Waals surface area contributed by atoms with Crippen LogP contribution in [0.1, 0.15) is 27.2 Å². The maximum absolute atomic E-state index is 11.9. The maximum Gasteiger partial charge on any atom is 0.227 e. The zero-order valence-electron chi connectivity index (χ0n) is 15.8. The molecule has 2 rings (SSSR count). The number of amides is 1. The summed E-state index contributed by atoms with van der Waals surface area (Å²) in [6.45, 7) is 8.13. The van der Waals surface area contributed by atoms with Gasteiger partial charge in [-0.15, -0.1) is 24.0 Å². The molecule has 0 bridgehead atoms. The minimum atomic E-state index is -0.582. The third-order valence-electron chi connectivity index (χ3n) is 3.83. The van der Waals surface area contributed by atoms with Gasteiger partial charge in [-0.05, 0) is 32.9 Å². The SMILES string of the molecule is CCNC(=NCC(C)(C)C(=O)NC)Nc1ccc2c(c1)OCCCO2.I. The van der Waals surface area contributed by atoms with Crippen LogP contribution in [0, 0.1) is 5.41 Å². The predicted molar refractivity (Wildman–Crippen MR) is 115 cm³/mol. The molecule has 0 aliphatic carbocycles. The highest BCUT2D eigenvalue weighted by Gasteiger charge is 2.26. The number of nitrogens with one attached hydrogen (secondary N) is 3. The third-order valence-corrected chi connectivity index (χ3v) is 3.83. The van der Waals surface area contributed by atoms with Crippen LogP contribution >= 0.6 is 24.0 Å². The van der Waals surface area contributed by atoms with Crippen molar-refractivity contribution in [3.8, 4) is 11.5 Å². The van der Waals surface area contributed by atoms with Gasteiger partial charge in [0.1, 0.15) is 0 Å². The van der Waals surface area contributed by atoms with Gasteiger partial charge in [0.05, 0.1) is 25.2 Å². The molecule has 1 aromatic rings. The fourth-order valence-corrected chi connectivity index (χ4v) is 2.37. The summed E-state index contributed by atoms with van der Waals surface area (Å²) in [5.41, 5.74) is 0.267. The number of aliphatic imine (C=N–C) groups is 1. The first-order valence-corrected chi connectivity index (χ1v) is 8.63. The summed E-state index contributed by atoms with van der Waals surface area (Å²) in [6.07, 6.45) is 0.871. The van der Waals surface area contributed by atoms with Crippen molar-refractivity contribution in [1.82, 2.24) is 10.6 Å². The van der Waals surface area contributed by atoms with E-state index in [2.05, 4.69) is 20.9 Å². The average Bonchev–Trinajstić information content (AvgIpc) is 2.84. The lowest BCUT2D eigenvalue weighted by atomic mass is 9.93. The van der Waals surface area contributed by atoms with Crippen LogP contribution < -0.4 is 25.4 Å². The van der Waals surface area contributed by atoms with E-state index in [-0.39, 0.29) is 29.9 Å². The molecular formula is C18H29IN4O3. The highest BCUT2D eigenvalue weighted by Crippen LogP contribution is 2.32. The molecule has 3 N–H and O–H groups in total. The number of carbonyl (C=O) groups excluding carboxylic acids is 1. The summed E-state index contributed by atoms with van der Waals surface area (Å²) < 4.78 is 11.4. The van der Waals surface area contributed by atoms with Gasteiger partial charge in [0.15, 0.2) is 17.5 Å². The van der Waals surface area contributed by atoms with Crippen molar-refractivity contribution < 1.29 is 14.3 Å². The molecule has 0 aromatic heterocycles. The van der Waals surface area contributed by atoms with Crippen molar-refractivity contribution in [2.24, 2.45) is 10.4 Å². The van der Waals surface area contributed by atoms with Crippen LogP contribution in [-0.2, 0) is 4.79 Å². The number of ether oxygens (including phenoxy) is 2. The lowest BCUT2D eigenvalue weighted by molar-refractivity contribution is -0.128. The summed E-state index contributed by atoms with van der Waals surface area (Å²) in [5.74, 6) is 2.06. The summed E-state index contributed by atoms with van der Waals surface area (Å²) >= 11 is 0. The fourth-order valence-electron chi connectivity index (χ4n) is 2.37. The van der Waals surface area contributed by atoms with Crippen LogP contribution in [0.3, 0.4) is 0 Å². The Morgan fingerprint density at radius 1 is 1.23 bits per heavy atom. The zero-order valence-corrected chi connectivity index (χ0v) is 18.2. The lowest BCUT2D eigenvalue weighted by Crippen LogP contribution is -2.38. The molecule has 0 unspecified atom stereocenters. The standard InChI is InChI=1S/C18H28N4O3.HI/c1-5-20-17(21-12-18(2,3)16(23)19-4)22-13-7-8-14-15(11-13)25-10-6-9-24-14;/h7-8,11H,5-6,9-10,12H2,1-4H3,(H,19,23)(H2,20,21,22);1H. The quantitative estimate of drug-likeness (QED) is 0.346. The molecule has 0 atom stereocenters. The van der Waals surface area contributed by atoms with Crippen LogP contribution in [0.4, 0.5) is 5.69 Å². The first-order chi connectivity index (χ1) is 12.0. The third kappa shape index (κ3) is 6.22. The molecule has 146 valence electrons. The summed E-state index contributed by atoms with van der Waals surface area (Å²) in [7, 11) is 1.63. The summed E-state index contributed by atoms with van der Waals surface area (Å²) in [5, 5.41) is 9.11. The van der Waals surface area contributed by atoms with Crippen molar-refractivity contribution >= 4 is 41.5 Å². The Morgan fingerprint density at radius 3 is 2.58 bits per heavy atom. The van der Waals surface area contributed by atoms with Gasteiger partial charge in [0, 0.05) is 31.8 Å². The van der Waals surface area contributed by atoms with Gasteiger partial charge in [-0.1, -0.05) is 0 Å². The van der Waals surface area contributed by atoms with Crippen molar-refractivity contribution in [3.63, 3.8) is 0 Å². The Bertz CT molecular complexity index is 635. The van der Waals surface area contributed by atoms with Gasteiger partial charge >= 0.3 is 0 Å². The monoisotopic (exact) mass is 476 g/mol. The minimum Gasteiger partial charge on any atom is -0.490 e. The predicted octanol–water partition coefficient (Wildman–Crippen LogP) is 2.62. The largest absolute Gasteiger partial charge is 0.490 e. The summed E-state index contributed by atoms with van der Waals surface area (Å²) in [4.78, 5) is 16.4. The molecule has 8 heteroatoms. The van der Waals surface area contributed by atoms with Crippen molar-refractivity contribution in [1.29, 1.82) is 0 Å². The number of benzene rings is 1. The van der Waals surface area contributed by atoms with Gasteiger partial charge in [-0.3, -0.25) is 9.79 Å². The highest BCUT2D eigenvalue weighted by molar-refractivity contribution is 14.0. The molecule has 1 heterocycles. The number of nitrogens with zero attached hydrogens (tertiary/aromatic N) is 1. The molecule has 26 heavy (non-hydrogen) atoms. The minimum absolute atomic E-state index is 0. The molecule has 1 aliphatic heterocycles. The van der Waals surface area contributed by atoms with E-state index in [9.17, 15) is 4.79 Å². The molecule has 0 saturated carbocycles. The molecule has 1 aromatic carbocycles. The molecule has 0 spiro atoms. The number of halogens is 1. The number of hydrogen-bond acceptors (Lipinski definition) is 4. The van der Waals surface area contributed by atoms with Crippen LogP contribution in [0.15, 0.2) is 23.2 Å². The highest BCUT2D eigenvalue weighted by atomic mass is 127. The Morgan fingerprint density at radius 2 is 1.92 bits per heavy atom. The van der Waals surface area contributed by atoms with Crippen LogP contribution in [0.5, 0.6) is 11.5 Å².